The van der Waals surface area contributed by atoms with Gasteiger partial charge < -0.3 is 9.32 Å². The molecular formula is C54H35NO. The second-order valence-electron chi connectivity index (χ2n) is 14.5. The summed E-state index contributed by atoms with van der Waals surface area (Å²) in [5, 5.41) is 9.74. The first-order valence-electron chi connectivity index (χ1n) is 19.2. The van der Waals surface area contributed by atoms with E-state index in [0.29, 0.717) is 0 Å². The normalized spacial score (nSPS) is 11.6. The second kappa shape index (κ2) is 13.2. The minimum Gasteiger partial charge on any atom is -0.456 e. The highest BCUT2D eigenvalue weighted by Crippen LogP contribution is 2.41. The third-order valence-electron chi connectivity index (χ3n) is 11.2. The van der Waals surface area contributed by atoms with E-state index in [1.807, 2.05) is 12.1 Å². The van der Waals surface area contributed by atoms with Gasteiger partial charge in [-0.15, -0.1) is 0 Å². The highest BCUT2D eigenvalue weighted by molar-refractivity contribution is 6.14. The highest BCUT2D eigenvalue weighted by atomic mass is 16.3. The predicted molar refractivity (Wildman–Crippen MR) is 237 cm³/mol. The Morgan fingerprint density at radius 2 is 0.875 bits per heavy atom. The lowest BCUT2D eigenvalue weighted by Gasteiger charge is -2.26. The van der Waals surface area contributed by atoms with E-state index in [-0.39, 0.29) is 0 Å². The quantitative estimate of drug-likeness (QED) is 0.160. The molecule has 10 aromatic carbocycles. The first-order chi connectivity index (χ1) is 27.7. The number of furan rings is 1. The molecule has 0 saturated heterocycles. The molecule has 11 rings (SSSR count). The van der Waals surface area contributed by atoms with Gasteiger partial charge >= 0.3 is 0 Å². The molecule has 262 valence electrons. The molecule has 0 aliphatic rings. The van der Waals surface area contributed by atoms with Crippen molar-refractivity contribution >= 4 is 71.3 Å². The van der Waals surface area contributed by atoms with E-state index in [0.717, 1.165) is 50.0 Å². The summed E-state index contributed by atoms with van der Waals surface area (Å²) in [5.41, 5.74) is 12.3. The van der Waals surface area contributed by atoms with Crippen LogP contribution in [0.15, 0.2) is 217 Å². The summed E-state index contributed by atoms with van der Waals surface area (Å²) in [5.74, 6) is 0. The fraction of sp³-hybridized carbons (Fsp3) is 0. The molecule has 0 bridgehead atoms. The van der Waals surface area contributed by atoms with Crippen LogP contribution in [0.5, 0.6) is 0 Å². The van der Waals surface area contributed by atoms with Crippen molar-refractivity contribution in [3.05, 3.63) is 212 Å². The van der Waals surface area contributed by atoms with Crippen LogP contribution in [0.25, 0.3) is 87.6 Å². The van der Waals surface area contributed by atoms with Crippen LogP contribution in [-0.2, 0) is 0 Å². The molecule has 2 heteroatoms. The van der Waals surface area contributed by atoms with E-state index < -0.39 is 0 Å². The van der Waals surface area contributed by atoms with Gasteiger partial charge in [-0.05, 0) is 132 Å². The molecule has 0 spiro atoms. The van der Waals surface area contributed by atoms with Crippen LogP contribution < -0.4 is 4.90 Å². The van der Waals surface area contributed by atoms with Crippen LogP contribution >= 0.6 is 0 Å². The van der Waals surface area contributed by atoms with Gasteiger partial charge in [0, 0.05) is 27.8 Å². The maximum Gasteiger partial charge on any atom is 0.136 e. The Labute approximate surface area is 325 Å². The minimum atomic E-state index is 0.916. The van der Waals surface area contributed by atoms with Crippen molar-refractivity contribution in [1.29, 1.82) is 0 Å². The van der Waals surface area contributed by atoms with Crippen LogP contribution in [0, 0.1) is 0 Å². The largest absolute Gasteiger partial charge is 0.456 e. The number of anilines is 3. The van der Waals surface area contributed by atoms with E-state index in [9.17, 15) is 0 Å². The molecule has 0 saturated carbocycles. The van der Waals surface area contributed by atoms with Gasteiger partial charge in [0.25, 0.3) is 0 Å². The summed E-state index contributed by atoms with van der Waals surface area (Å²) >= 11 is 0. The van der Waals surface area contributed by atoms with Gasteiger partial charge in [0.2, 0.25) is 0 Å². The number of hydrogen-bond donors (Lipinski definition) is 0. The van der Waals surface area contributed by atoms with Crippen LogP contribution in [0.1, 0.15) is 0 Å². The fourth-order valence-corrected chi connectivity index (χ4v) is 8.44. The number of benzene rings is 10. The average molecular weight is 714 g/mol. The summed E-state index contributed by atoms with van der Waals surface area (Å²) in [6, 6.07) is 76.6. The third-order valence-corrected chi connectivity index (χ3v) is 11.2. The molecular weight excluding hydrogens is 679 g/mol. The average Bonchev–Trinajstić information content (AvgIpc) is 3.63. The lowest BCUT2D eigenvalue weighted by molar-refractivity contribution is 0.669. The van der Waals surface area contributed by atoms with Gasteiger partial charge in [-0.2, -0.15) is 0 Å². The van der Waals surface area contributed by atoms with Crippen molar-refractivity contribution in [2.75, 3.05) is 4.90 Å². The molecule has 0 aliphatic carbocycles. The van der Waals surface area contributed by atoms with Crippen LogP contribution in [0.4, 0.5) is 17.1 Å². The Morgan fingerprint density at radius 3 is 1.68 bits per heavy atom. The number of hydrogen-bond acceptors (Lipinski definition) is 2. The lowest BCUT2D eigenvalue weighted by Crippen LogP contribution is -2.10. The van der Waals surface area contributed by atoms with Crippen molar-refractivity contribution in [3.8, 4) is 33.4 Å². The minimum absolute atomic E-state index is 0.916. The van der Waals surface area contributed by atoms with E-state index in [1.54, 1.807) is 0 Å². The molecule has 0 N–H and O–H groups in total. The van der Waals surface area contributed by atoms with E-state index in [1.165, 1.54) is 54.7 Å². The molecule has 0 amide bonds. The smallest absolute Gasteiger partial charge is 0.136 e. The molecule has 1 heterocycles. The summed E-state index contributed by atoms with van der Waals surface area (Å²) < 4.78 is 6.23. The lowest BCUT2D eigenvalue weighted by atomic mass is 9.93. The van der Waals surface area contributed by atoms with Crippen LogP contribution in [-0.4, -0.2) is 0 Å². The first-order valence-corrected chi connectivity index (χ1v) is 19.2. The van der Waals surface area contributed by atoms with Crippen molar-refractivity contribution < 1.29 is 4.42 Å². The van der Waals surface area contributed by atoms with E-state index in [2.05, 4.69) is 205 Å². The molecule has 0 unspecified atom stereocenters. The van der Waals surface area contributed by atoms with Crippen molar-refractivity contribution in [2.24, 2.45) is 0 Å². The summed E-state index contributed by atoms with van der Waals surface area (Å²) in [4.78, 5) is 2.36. The number of para-hydroxylation sites is 1. The fourth-order valence-electron chi connectivity index (χ4n) is 8.44. The monoisotopic (exact) mass is 713 g/mol. The number of fused-ring (bicyclic) bond motifs is 7. The molecule has 0 fully saturated rings. The van der Waals surface area contributed by atoms with Gasteiger partial charge in [0.05, 0.1) is 0 Å². The molecule has 11 aromatic rings. The van der Waals surface area contributed by atoms with E-state index >= 15 is 0 Å². The molecule has 2 nitrogen and oxygen atoms in total. The topological polar surface area (TPSA) is 16.4 Å². The first kappa shape index (κ1) is 32.0. The summed E-state index contributed by atoms with van der Waals surface area (Å²) in [6.07, 6.45) is 0. The third kappa shape index (κ3) is 5.51. The molecule has 56 heavy (non-hydrogen) atoms. The molecule has 0 radical (unpaired) electrons. The van der Waals surface area contributed by atoms with Crippen molar-refractivity contribution in [1.82, 2.24) is 0 Å². The standard InChI is InChI=1S/C54H35NO/c1-2-11-36(12-3-1)39-14-10-15-46(32-39)55(45-29-25-38(26-30-45)51-34-42-13-4-5-16-47(42)48-17-6-7-18-49(48)51)44-27-23-37(24-28-44)40-21-22-41-33-52-50-19-8-9-20-53(50)56-54(52)35-43(41)31-40/h1-35H. The maximum atomic E-state index is 6.23. The maximum absolute atomic E-state index is 6.23. The summed E-state index contributed by atoms with van der Waals surface area (Å²) in [7, 11) is 0. The van der Waals surface area contributed by atoms with Gasteiger partial charge in [0.15, 0.2) is 0 Å². The highest BCUT2D eigenvalue weighted by Gasteiger charge is 2.16. The van der Waals surface area contributed by atoms with E-state index in [4.69, 9.17) is 4.42 Å². The Balaban J connectivity index is 0.993. The molecule has 0 atom stereocenters. The predicted octanol–water partition coefficient (Wildman–Crippen LogP) is 15.5. The number of rotatable bonds is 6. The molecule has 0 aliphatic heterocycles. The molecule has 1 aromatic heterocycles. The van der Waals surface area contributed by atoms with Gasteiger partial charge in [0.1, 0.15) is 11.2 Å². The van der Waals surface area contributed by atoms with Crippen LogP contribution in [0.3, 0.4) is 0 Å². The SMILES string of the molecule is c1ccc(-c2cccc(N(c3ccc(-c4ccc5cc6c(cc5c4)oc4ccccc46)cc3)c3ccc(-c4cc5ccccc5c5ccccc45)cc3)c2)cc1. The van der Waals surface area contributed by atoms with Crippen LogP contribution in [0.2, 0.25) is 0 Å². The zero-order valence-electron chi connectivity index (χ0n) is 30.6. The summed E-state index contributed by atoms with van der Waals surface area (Å²) in [6.45, 7) is 0. The zero-order valence-corrected chi connectivity index (χ0v) is 30.6. The van der Waals surface area contributed by atoms with Crippen molar-refractivity contribution in [2.45, 2.75) is 0 Å². The van der Waals surface area contributed by atoms with Crippen molar-refractivity contribution in [3.63, 3.8) is 0 Å². The Morgan fingerprint density at radius 1 is 0.268 bits per heavy atom. The Kier molecular flexibility index (Phi) is 7.53. The van der Waals surface area contributed by atoms with Gasteiger partial charge in [-0.1, -0.05) is 146 Å². The van der Waals surface area contributed by atoms with Gasteiger partial charge in [-0.3, -0.25) is 0 Å². The van der Waals surface area contributed by atoms with Gasteiger partial charge in [-0.25, -0.2) is 0 Å². The Hall–Kier alpha value is -7.42. The Bertz CT molecular complexity index is 3230. The second-order valence-corrected chi connectivity index (χ2v) is 14.5. The zero-order chi connectivity index (χ0) is 37.0. The number of nitrogens with zero attached hydrogens (tertiary/aromatic N) is 1.